The smallest absolute Gasteiger partial charge is 0.269 e. The van der Waals surface area contributed by atoms with Gasteiger partial charge in [-0.15, -0.1) is 5.10 Å². The van der Waals surface area contributed by atoms with E-state index in [1.54, 1.807) is 0 Å². The summed E-state index contributed by atoms with van der Waals surface area (Å²) in [7, 11) is 0. The topological polar surface area (TPSA) is 78.2 Å². The molecule has 2 aromatic rings. The van der Waals surface area contributed by atoms with Crippen LogP contribution >= 0.6 is 23.1 Å². The first-order chi connectivity index (χ1) is 8.16. The third kappa shape index (κ3) is 2.89. The summed E-state index contributed by atoms with van der Waals surface area (Å²) in [4.78, 5) is 9.96. The standard InChI is InChI=1S/C9H6ClN3O3S/c10-9-8(11-12-17-9)5-16-7-3-1-6(2-4-7)13(14)15/h1-4H,5H2. The molecule has 17 heavy (non-hydrogen) atoms. The fraction of sp³-hybridized carbons (Fsp3) is 0.111. The largest absolute Gasteiger partial charge is 0.487 e. The number of non-ortho nitro benzene ring substituents is 1. The highest BCUT2D eigenvalue weighted by Gasteiger charge is 2.07. The van der Waals surface area contributed by atoms with Crippen LogP contribution in [0.25, 0.3) is 0 Å². The molecule has 1 aromatic carbocycles. The van der Waals surface area contributed by atoms with Gasteiger partial charge in [-0.25, -0.2) is 0 Å². The van der Waals surface area contributed by atoms with Crippen LogP contribution < -0.4 is 4.74 Å². The minimum atomic E-state index is -0.467. The average Bonchev–Trinajstić information content (AvgIpc) is 2.73. The number of aromatic nitrogens is 2. The summed E-state index contributed by atoms with van der Waals surface area (Å²) in [6.45, 7) is 0.188. The molecule has 1 heterocycles. The summed E-state index contributed by atoms with van der Waals surface area (Å²) in [6, 6.07) is 5.78. The monoisotopic (exact) mass is 271 g/mol. The van der Waals surface area contributed by atoms with E-state index in [9.17, 15) is 10.1 Å². The Morgan fingerprint density at radius 2 is 2.12 bits per heavy atom. The zero-order chi connectivity index (χ0) is 12.3. The maximum Gasteiger partial charge on any atom is 0.269 e. The van der Waals surface area contributed by atoms with Crippen molar-refractivity contribution in [3.63, 3.8) is 0 Å². The summed E-state index contributed by atoms with van der Waals surface area (Å²) in [5, 5.41) is 14.2. The van der Waals surface area contributed by atoms with E-state index in [2.05, 4.69) is 9.59 Å². The normalized spacial score (nSPS) is 10.2. The molecule has 0 radical (unpaired) electrons. The molecule has 2 rings (SSSR count). The Hall–Kier alpha value is -1.73. The van der Waals surface area contributed by atoms with Gasteiger partial charge in [0.2, 0.25) is 0 Å². The molecule has 0 fully saturated rings. The summed E-state index contributed by atoms with van der Waals surface area (Å²) < 4.78 is 9.50. The van der Waals surface area contributed by atoms with Crippen molar-refractivity contribution < 1.29 is 9.66 Å². The number of rotatable bonds is 4. The van der Waals surface area contributed by atoms with Crippen molar-refractivity contribution in [1.82, 2.24) is 9.59 Å². The van der Waals surface area contributed by atoms with E-state index < -0.39 is 4.92 Å². The van der Waals surface area contributed by atoms with E-state index in [1.165, 1.54) is 24.3 Å². The summed E-state index contributed by atoms with van der Waals surface area (Å²) in [5.74, 6) is 0.514. The number of benzene rings is 1. The van der Waals surface area contributed by atoms with E-state index >= 15 is 0 Å². The van der Waals surface area contributed by atoms with Crippen LogP contribution in [-0.4, -0.2) is 14.5 Å². The highest BCUT2D eigenvalue weighted by molar-refractivity contribution is 7.10. The number of nitrogens with zero attached hydrogens (tertiary/aromatic N) is 3. The average molecular weight is 272 g/mol. The highest BCUT2D eigenvalue weighted by atomic mass is 35.5. The summed E-state index contributed by atoms with van der Waals surface area (Å²) in [5.41, 5.74) is 0.570. The molecule has 1 aromatic heterocycles. The molecule has 0 aliphatic carbocycles. The van der Waals surface area contributed by atoms with Crippen molar-refractivity contribution >= 4 is 28.8 Å². The lowest BCUT2D eigenvalue weighted by atomic mass is 10.3. The van der Waals surface area contributed by atoms with Gasteiger partial charge < -0.3 is 4.74 Å². The Morgan fingerprint density at radius 3 is 2.65 bits per heavy atom. The lowest BCUT2D eigenvalue weighted by Crippen LogP contribution is -1.96. The van der Waals surface area contributed by atoms with E-state index in [4.69, 9.17) is 16.3 Å². The maximum atomic E-state index is 10.4. The summed E-state index contributed by atoms with van der Waals surface area (Å²) in [6.07, 6.45) is 0. The number of nitro benzene ring substituents is 1. The van der Waals surface area contributed by atoms with Crippen molar-refractivity contribution in [2.75, 3.05) is 0 Å². The fourth-order valence-corrected chi connectivity index (χ4v) is 1.70. The summed E-state index contributed by atoms with van der Waals surface area (Å²) >= 11 is 6.88. The second-order valence-corrected chi connectivity index (χ2v) is 4.39. The Morgan fingerprint density at radius 1 is 1.41 bits per heavy atom. The SMILES string of the molecule is O=[N+]([O-])c1ccc(OCc2nnsc2Cl)cc1. The Balaban J connectivity index is 2.00. The number of hydrogen-bond donors (Lipinski definition) is 0. The van der Waals surface area contributed by atoms with E-state index in [0.29, 0.717) is 15.8 Å². The van der Waals surface area contributed by atoms with Gasteiger partial charge in [0, 0.05) is 23.7 Å². The second-order valence-electron chi connectivity index (χ2n) is 3.03. The first-order valence-corrected chi connectivity index (χ1v) is 5.66. The predicted molar refractivity (Wildman–Crippen MR) is 62.3 cm³/mol. The number of halogens is 1. The van der Waals surface area contributed by atoms with Crippen LogP contribution in [0, 0.1) is 10.1 Å². The van der Waals surface area contributed by atoms with E-state index in [-0.39, 0.29) is 12.3 Å². The first kappa shape index (κ1) is 11.7. The van der Waals surface area contributed by atoms with E-state index in [0.717, 1.165) is 11.5 Å². The van der Waals surface area contributed by atoms with Gasteiger partial charge in [-0.3, -0.25) is 10.1 Å². The fourth-order valence-electron chi connectivity index (χ4n) is 1.10. The van der Waals surface area contributed by atoms with Crippen molar-refractivity contribution in [3.05, 3.63) is 44.4 Å². The minimum absolute atomic E-state index is 0.0192. The molecule has 88 valence electrons. The van der Waals surface area contributed by atoms with Gasteiger partial charge >= 0.3 is 0 Å². The maximum absolute atomic E-state index is 10.4. The lowest BCUT2D eigenvalue weighted by Gasteiger charge is -2.03. The highest BCUT2D eigenvalue weighted by Crippen LogP contribution is 2.21. The third-order valence-electron chi connectivity index (χ3n) is 1.93. The Kier molecular flexibility index (Phi) is 3.50. The van der Waals surface area contributed by atoms with Crippen LogP contribution in [0.3, 0.4) is 0 Å². The molecule has 0 atom stereocenters. The van der Waals surface area contributed by atoms with Crippen molar-refractivity contribution in [2.45, 2.75) is 6.61 Å². The van der Waals surface area contributed by atoms with Crippen molar-refractivity contribution in [1.29, 1.82) is 0 Å². The van der Waals surface area contributed by atoms with Crippen LogP contribution in [0.2, 0.25) is 4.34 Å². The minimum Gasteiger partial charge on any atom is -0.487 e. The van der Waals surface area contributed by atoms with Crippen LogP contribution in [-0.2, 0) is 6.61 Å². The van der Waals surface area contributed by atoms with Crippen molar-refractivity contribution in [2.24, 2.45) is 0 Å². The molecule has 6 nitrogen and oxygen atoms in total. The lowest BCUT2D eigenvalue weighted by molar-refractivity contribution is -0.384. The van der Waals surface area contributed by atoms with Crippen molar-refractivity contribution in [3.8, 4) is 5.75 Å². The van der Waals surface area contributed by atoms with Gasteiger partial charge in [-0.1, -0.05) is 16.1 Å². The van der Waals surface area contributed by atoms with Gasteiger partial charge in [0.15, 0.2) is 0 Å². The molecule has 8 heteroatoms. The molecule has 0 saturated carbocycles. The number of nitro groups is 1. The molecule has 0 saturated heterocycles. The molecule has 0 spiro atoms. The zero-order valence-corrected chi connectivity index (χ0v) is 9.94. The number of hydrogen-bond acceptors (Lipinski definition) is 6. The van der Waals surface area contributed by atoms with Gasteiger partial charge in [0.05, 0.1) is 4.92 Å². The third-order valence-corrected chi connectivity index (χ3v) is 2.92. The molecule has 0 N–H and O–H groups in total. The second kappa shape index (κ2) is 5.07. The van der Waals surface area contributed by atoms with Crippen LogP contribution in [0.5, 0.6) is 5.75 Å². The Labute approximate surface area is 105 Å². The zero-order valence-electron chi connectivity index (χ0n) is 8.37. The molecule has 0 unspecified atom stereocenters. The molecular weight excluding hydrogens is 266 g/mol. The first-order valence-electron chi connectivity index (χ1n) is 4.51. The molecule has 0 amide bonds. The molecular formula is C9H6ClN3O3S. The van der Waals surface area contributed by atoms with Gasteiger partial charge in [0.25, 0.3) is 5.69 Å². The Bertz CT molecular complexity index is 529. The van der Waals surface area contributed by atoms with Crippen LogP contribution in [0.15, 0.2) is 24.3 Å². The van der Waals surface area contributed by atoms with Gasteiger partial charge in [-0.2, -0.15) is 0 Å². The molecule has 0 aliphatic heterocycles. The van der Waals surface area contributed by atoms with E-state index in [1.807, 2.05) is 0 Å². The van der Waals surface area contributed by atoms with Gasteiger partial charge in [0.1, 0.15) is 22.4 Å². The predicted octanol–water partition coefficient (Wildman–Crippen LogP) is 2.68. The molecule has 0 aliphatic rings. The number of ether oxygens (including phenoxy) is 1. The molecule has 0 bridgehead atoms. The van der Waals surface area contributed by atoms with Crippen LogP contribution in [0.4, 0.5) is 5.69 Å². The van der Waals surface area contributed by atoms with Gasteiger partial charge in [-0.05, 0) is 12.1 Å². The quantitative estimate of drug-likeness (QED) is 0.631. The van der Waals surface area contributed by atoms with Crippen LogP contribution in [0.1, 0.15) is 5.69 Å².